The van der Waals surface area contributed by atoms with Crippen LogP contribution in [0.4, 0.5) is 0 Å². The SMILES string of the molecule is CC1CCC(N)N(CC(=O)C2CCCCC2)C1. The standard InChI is InChI=1S/C14H26N2O/c1-11-7-8-14(15)16(9-11)10-13(17)12-5-3-2-4-6-12/h11-12,14H,2-10,15H2,1H3. The number of Topliss-reactive ketones (excluding diaryl/α,β-unsaturated/α-hetero) is 1. The van der Waals surface area contributed by atoms with E-state index in [1.165, 1.54) is 25.7 Å². The van der Waals surface area contributed by atoms with Crippen molar-refractivity contribution in [3.8, 4) is 0 Å². The quantitative estimate of drug-likeness (QED) is 0.819. The number of nitrogens with zero attached hydrogens (tertiary/aromatic N) is 1. The molecule has 2 unspecified atom stereocenters. The van der Waals surface area contributed by atoms with Crippen molar-refractivity contribution >= 4 is 5.78 Å². The van der Waals surface area contributed by atoms with Crippen molar-refractivity contribution in [1.82, 2.24) is 4.90 Å². The van der Waals surface area contributed by atoms with Crippen LogP contribution in [-0.4, -0.2) is 29.9 Å². The molecule has 1 saturated heterocycles. The molecular weight excluding hydrogens is 212 g/mol. The van der Waals surface area contributed by atoms with E-state index >= 15 is 0 Å². The van der Waals surface area contributed by atoms with Gasteiger partial charge in [-0.1, -0.05) is 26.2 Å². The topological polar surface area (TPSA) is 46.3 Å². The molecule has 1 aliphatic carbocycles. The minimum Gasteiger partial charge on any atom is -0.316 e. The number of hydrogen-bond acceptors (Lipinski definition) is 3. The lowest BCUT2D eigenvalue weighted by Gasteiger charge is -2.36. The number of ketones is 1. The van der Waals surface area contributed by atoms with Crippen LogP contribution >= 0.6 is 0 Å². The zero-order valence-electron chi connectivity index (χ0n) is 11.0. The molecule has 17 heavy (non-hydrogen) atoms. The van der Waals surface area contributed by atoms with Gasteiger partial charge in [0.25, 0.3) is 0 Å². The van der Waals surface area contributed by atoms with Gasteiger partial charge in [-0.15, -0.1) is 0 Å². The Morgan fingerprint density at radius 2 is 1.88 bits per heavy atom. The maximum absolute atomic E-state index is 12.2. The Morgan fingerprint density at radius 1 is 1.18 bits per heavy atom. The Labute approximate surface area is 105 Å². The Kier molecular flexibility index (Phi) is 4.57. The summed E-state index contributed by atoms with van der Waals surface area (Å²) in [5.74, 6) is 1.45. The maximum atomic E-state index is 12.2. The highest BCUT2D eigenvalue weighted by atomic mass is 16.1. The molecule has 0 aromatic heterocycles. The summed E-state index contributed by atoms with van der Waals surface area (Å²) in [7, 11) is 0. The molecule has 0 bridgehead atoms. The number of carbonyl (C=O) groups excluding carboxylic acids is 1. The van der Waals surface area contributed by atoms with E-state index in [0.29, 0.717) is 24.2 Å². The van der Waals surface area contributed by atoms with Crippen molar-refractivity contribution < 1.29 is 4.79 Å². The monoisotopic (exact) mass is 238 g/mol. The van der Waals surface area contributed by atoms with Crippen LogP contribution in [-0.2, 0) is 4.79 Å². The molecule has 2 N–H and O–H groups in total. The summed E-state index contributed by atoms with van der Waals surface area (Å²) in [6, 6.07) is 0. The molecule has 3 nitrogen and oxygen atoms in total. The minimum atomic E-state index is 0.110. The van der Waals surface area contributed by atoms with E-state index in [9.17, 15) is 4.79 Å². The van der Waals surface area contributed by atoms with E-state index in [4.69, 9.17) is 5.73 Å². The smallest absolute Gasteiger partial charge is 0.149 e. The summed E-state index contributed by atoms with van der Waals surface area (Å²) >= 11 is 0. The molecular formula is C14H26N2O. The predicted octanol–water partition coefficient (Wildman–Crippen LogP) is 2.15. The van der Waals surface area contributed by atoms with E-state index in [1.54, 1.807) is 0 Å². The molecule has 2 rings (SSSR count). The first-order valence-corrected chi connectivity index (χ1v) is 7.19. The molecule has 98 valence electrons. The summed E-state index contributed by atoms with van der Waals surface area (Å²) in [4.78, 5) is 14.4. The first kappa shape index (κ1) is 13.0. The van der Waals surface area contributed by atoms with Crippen LogP contribution in [0.25, 0.3) is 0 Å². The first-order chi connectivity index (χ1) is 8.16. The molecule has 0 spiro atoms. The number of likely N-dealkylation sites (tertiary alicyclic amines) is 1. The molecule has 1 aliphatic heterocycles. The van der Waals surface area contributed by atoms with Gasteiger partial charge in [-0.25, -0.2) is 0 Å². The fourth-order valence-electron chi connectivity index (χ4n) is 3.20. The van der Waals surface area contributed by atoms with Crippen LogP contribution in [0.5, 0.6) is 0 Å². The molecule has 0 aromatic rings. The Balaban J connectivity index is 1.83. The third kappa shape index (κ3) is 3.52. The highest BCUT2D eigenvalue weighted by molar-refractivity contribution is 5.83. The lowest BCUT2D eigenvalue weighted by atomic mass is 9.85. The number of hydrogen-bond donors (Lipinski definition) is 1. The van der Waals surface area contributed by atoms with Crippen molar-refractivity contribution in [3.05, 3.63) is 0 Å². The summed E-state index contributed by atoms with van der Waals surface area (Å²) < 4.78 is 0. The van der Waals surface area contributed by atoms with Crippen LogP contribution in [0.15, 0.2) is 0 Å². The molecule has 1 saturated carbocycles. The van der Waals surface area contributed by atoms with Gasteiger partial charge in [-0.2, -0.15) is 0 Å². The number of piperidine rings is 1. The summed E-state index contributed by atoms with van der Waals surface area (Å²) in [5, 5.41) is 0. The molecule has 2 fully saturated rings. The average molecular weight is 238 g/mol. The highest BCUT2D eigenvalue weighted by Gasteiger charge is 2.28. The third-order valence-electron chi connectivity index (χ3n) is 4.39. The normalized spacial score (nSPS) is 32.6. The lowest BCUT2D eigenvalue weighted by molar-refractivity contribution is -0.126. The predicted molar refractivity (Wildman–Crippen MR) is 69.5 cm³/mol. The second kappa shape index (κ2) is 5.96. The van der Waals surface area contributed by atoms with Gasteiger partial charge in [-0.05, 0) is 31.6 Å². The average Bonchev–Trinajstić information content (AvgIpc) is 2.35. The molecule has 2 aliphatic rings. The van der Waals surface area contributed by atoms with Gasteiger partial charge in [0.2, 0.25) is 0 Å². The highest BCUT2D eigenvalue weighted by Crippen LogP contribution is 2.26. The van der Waals surface area contributed by atoms with Gasteiger partial charge < -0.3 is 5.73 Å². The zero-order chi connectivity index (χ0) is 12.3. The zero-order valence-corrected chi connectivity index (χ0v) is 11.0. The van der Waals surface area contributed by atoms with Gasteiger partial charge in [0.05, 0.1) is 12.7 Å². The molecule has 0 radical (unpaired) electrons. The summed E-state index contributed by atoms with van der Waals surface area (Å²) in [6.45, 7) is 3.85. The van der Waals surface area contributed by atoms with E-state index in [2.05, 4.69) is 11.8 Å². The van der Waals surface area contributed by atoms with Crippen molar-refractivity contribution in [2.45, 2.75) is 58.0 Å². The lowest BCUT2D eigenvalue weighted by Crippen LogP contribution is -2.50. The molecule has 0 amide bonds. The molecule has 3 heteroatoms. The fraction of sp³-hybridized carbons (Fsp3) is 0.929. The molecule has 0 aromatic carbocycles. The van der Waals surface area contributed by atoms with E-state index in [0.717, 1.165) is 25.8 Å². The first-order valence-electron chi connectivity index (χ1n) is 7.19. The van der Waals surface area contributed by atoms with E-state index in [-0.39, 0.29) is 6.17 Å². The van der Waals surface area contributed by atoms with Gasteiger partial charge in [0.15, 0.2) is 0 Å². The van der Waals surface area contributed by atoms with Crippen LogP contribution in [0, 0.1) is 11.8 Å². The fourth-order valence-corrected chi connectivity index (χ4v) is 3.20. The van der Waals surface area contributed by atoms with Crippen molar-refractivity contribution in [1.29, 1.82) is 0 Å². The van der Waals surface area contributed by atoms with Crippen molar-refractivity contribution in [2.24, 2.45) is 17.6 Å². The largest absolute Gasteiger partial charge is 0.316 e. The summed E-state index contributed by atoms with van der Waals surface area (Å²) in [5.41, 5.74) is 6.09. The second-order valence-corrected chi connectivity index (χ2v) is 5.98. The van der Waals surface area contributed by atoms with Gasteiger partial charge in [0.1, 0.15) is 5.78 Å². The number of carbonyl (C=O) groups is 1. The summed E-state index contributed by atoms with van der Waals surface area (Å²) in [6.07, 6.45) is 8.35. The number of rotatable bonds is 3. The molecule has 2 atom stereocenters. The van der Waals surface area contributed by atoms with Crippen molar-refractivity contribution in [3.63, 3.8) is 0 Å². The van der Waals surface area contributed by atoms with Crippen LogP contribution in [0.1, 0.15) is 51.9 Å². The van der Waals surface area contributed by atoms with Gasteiger partial charge in [0, 0.05) is 12.5 Å². The van der Waals surface area contributed by atoms with Crippen molar-refractivity contribution in [2.75, 3.05) is 13.1 Å². The Hall–Kier alpha value is -0.410. The second-order valence-electron chi connectivity index (χ2n) is 5.98. The van der Waals surface area contributed by atoms with Gasteiger partial charge >= 0.3 is 0 Å². The number of nitrogens with two attached hydrogens (primary N) is 1. The maximum Gasteiger partial charge on any atom is 0.149 e. The third-order valence-corrected chi connectivity index (χ3v) is 4.39. The minimum absolute atomic E-state index is 0.110. The van der Waals surface area contributed by atoms with E-state index in [1.807, 2.05) is 0 Å². The van der Waals surface area contributed by atoms with Gasteiger partial charge in [-0.3, -0.25) is 9.69 Å². The molecule has 1 heterocycles. The van der Waals surface area contributed by atoms with Crippen LogP contribution in [0.2, 0.25) is 0 Å². The van der Waals surface area contributed by atoms with Crippen LogP contribution < -0.4 is 5.73 Å². The van der Waals surface area contributed by atoms with Crippen LogP contribution in [0.3, 0.4) is 0 Å². The Morgan fingerprint density at radius 3 is 2.59 bits per heavy atom. The van der Waals surface area contributed by atoms with E-state index < -0.39 is 0 Å². The Bertz CT molecular complexity index is 261.